The first-order chi connectivity index (χ1) is 6.33. The average Bonchev–Trinajstić information content (AvgIpc) is 2.18. The monoisotopic (exact) mass is 235 g/mol. The van der Waals surface area contributed by atoms with Crippen molar-refractivity contribution >= 4 is 17.1 Å². The standard InChI is InChI=1S/C11H8O2.Cu/c12-7-10-9-4-2-1-3-8(9)5-6-11(10)13;/h1-7,13H;/q;+2. The second-order valence-corrected chi connectivity index (χ2v) is 2.84. The number of aromatic hydroxyl groups is 1. The summed E-state index contributed by atoms with van der Waals surface area (Å²) in [5.41, 5.74) is 0.359. The molecule has 0 aliphatic rings. The normalized spacial score (nSPS) is 9.43. The zero-order valence-corrected chi connectivity index (χ0v) is 8.14. The van der Waals surface area contributed by atoms with Gasteiger partial charge in [-0.05, 0) is 16.8 Å². The third-order valence-electron chi connectivity index (χ3n) is 2.07. The maximum atomic E-state index is 10.7. The molecule has 0 unspecified atom stereocenters. The second-order valence-electron chi connectivity index (χ2n) is 2.84. The van der Waals surface area contributed by atoms with E-state index in [1.165, 1.54) is 6.07 Å². The average molecular weight is 236 g/mol. The smallest absolute Gasteiger partial charge is 0.507 e. The van der Waals surface area contributed by atoms with Crippen LogP contribution >= 0.6 is 0 Å². The molecule has 14 heavy (non-hydrogen) atoms. The Morgan fingerprint density at radius 3 is 2.50 bits per heavy atom. The van der Waals surface area contributed by atoms with Crippen LogP contribution in [0.5, 0.6) is 5.75 Å². The van der Waals surface area contributed by atoms with Crippen molar-refractivity contribution in [2.45, 2.75) is 0 Å². The number of fused-ring (bicyclic) bond motifs is 1. The maximum Gasteiger partial charge on any atom is 2.00 e. The van der Waals surface area contributed by atoms with Gasteiger partial charge in [0, 0.05) is 0 Å². The van der Waals surface area contributed by atoms with Crippen LogP contribution in [-0.2, 0) is 17.1 Å². The Kier molecular flexibility index (Phi) is 3.28. The van der Waals surface area contributed by atoms with Crippen molar-refractivity contribution in [1.82, 2.24) is 0 Å². The van der Waals surface area contributed by atoms with Crippen molar-refractivity contribution in [3.63, 3.8) is 0 Å². The van der Waals surface area contributed by atoms with Crippen molar-refractivity contribution in [3.05, 3.63) is 42.0 Å². The molecule has 1 N–H and O–H groups in total. The number of phenols is 1. The van der Waals surface area contributed by atoms with Crippen LogP contribution in [0, 0.1) is 0 Å². The molecule has 0 spiro atoms. The summed E-state index contributed by atoms with van der Waals surface area (Å²) in [5.74, 6) is 0.0358. The summed E-state index contributed by atoms with van der Waals surface area (Å²) in [5, 5.41) is 11.1. The van der Waals surface area contributed by atoms with E-state index >= 15 is 0 Å². The third-order valence-corrected chi connectivity index (χ3v) is 2.07. The van der Waals surface area contributed by atoms with Gasteiger partial charge in [0.05, 0.1) is 5.56 Å². The predicted octanol–water partition coefficient (Wildman–Crippen LogP) is 2.36. The number of hydrogen-bond acceptors (Lipinski definition) is 2. The van der Waals surface area contributed by atoms with Crippen LogP contribution in [0.1, 0.15) is 10.4 Å². The van der Waals surface area contributed by atoms with Crippen LogP contribution in [0.3, 0.4) is 0 Å². The van der Waals surface area contributed by atoms with Gasteiger partial charge >= 0.3 is 17.1 Å². The Labute approximate surface area is 92.0 Å². The molecule has 0 saturated carbocycles. The van der Waals surface area contributed by atoms with Gasteiger partial charge in [0.2, 0.25) is 0 Å². The number of benzene rings is 2. The molecule has 0 fully saturated rings. The molecule has 0 amide bonds. The first-order valence-corrected chi connectivity index (χ1v) is 3.99. The zero-order chi connectivity index (χ0) is 9.26. The number of rotatable bonds is 1. The van der Waals surface area contributed by atoms with Gasteiger partial charge in [-0.3, -0.25) is 4.79 Å². The zero-order valence-electron chi connectivity index (χ0n) is 7.20. The summed E-state index contributed by atoms with van der Waals surface area (Å²) < 4.78 is 0. The molecule has 0 aromatic heterocycles. The molecule has 0 atom stereocenters. The van der Waals surface area contributed by atoms with Gasteiger partial charge in [0.25, 0.3) is 0 Å². The molecule has 2 aromatic rings. The first kappa shape index (κ1) is 10.8. The molecule has 1 radical (unpaired) electrons. The molecule has 0 aliphatic heterocycles. The van der Waals surface area contributed by atoms with Gasteiger partial charge in [-0.1, -0.05) is 30.3 Å². The Balaban J connectivity index is 0.000000980. The van der Waals surface area contributed by atoms with E-state index in [1.807, 2.05) is 24.3 Å². The molecule has 3 heteroatoms. The summed E-state index contributed by atoms with van der Waals surface area (Å²) in [6.45, 7) is 0. The van der Waals surface area contributed by atoms with Crippen molar-refractivity contribution < 1.29 is 27.0 Å². The van der Waals surface area contributed by atoms with E-state index in [2.05, 4.69) is 0 Å². The molecular formula is C11H8CuO2+2. The molecule has 0 saturated heterocycles. The van der Waals surface area contributed by atoms with Gasteiger partial charge in [-0.15, -0.1) is 0 Å². The fraction of sp³-hybridized carbons (Fsp3) is 0. The fourth-order valence-electron chi connectivity index (χ4n) is 1.41. The van der Waals surface area contributed by atoms with Crippen LogP contribution in [0.4, 0.5) is 0 Å². The van der Waals surface area contributed by atoms with E-state index in [0.29, 0.717) is 11.8 Å². The quantitative estimate of drug-likeness (QED) is 0.609. The van der Waals surface area contributed by atoms with E-state index in [-0.39, 0.29) is 22.8 Å². The number of phenolic OH excluding ortho intramolecular Hbond substituents is 1. The number of hydrogen-bond donors (Lipinski definition) is 1. The van der Waals surface area contributed by atoms with E-state index in [9.17, 15) is 9.90 Å². The summed E-state index contributed by atoms with van der Waals surface area (Å²) >= 11 is 0. The van der Waals surface area contributed by atoms with Crippen molar-refractivity contribution in [1.29, 1.82) is 0 Å². The van der Waals surface area contributed by atoms with E-state index in [1.54, 1.807) is 6.07 Å². The molecule has 2 nitrogen and oxygen atoms in total. The number of aldehydes is 1. The Morgan fingerprint density at radius 1 is 1.07 bits per heavy atom. The van der Waals surface area contributed by atoms with Gasteiger partial charge in [0.1, 0.15) is 5.75 Å². The van der Waals surface area contributed by atoms with E-state index < -0.39 is 0 Å². The van der Waals surface area contributed by atoms with Gasteiger partial charge in [-0.25, -0.2) is 0 Å². The van der Waals surface area contributed by atoms with Gasteiger partial charge in [-0.2, -0.15) is 0 Å². The van der Waals surface area contributed by atoms with Crippen LogP contribution < -0.4 is 0 Å². The summed E-state index contributed by atoms with van der Waals surface area (Å²) in [7, 11) is 0. The Bertz CT molecular complexity index is 466. The Morgan fingerprint density at radius 2 is 1.79 bits per heavy atom. The van der Waals surface area contributed by atoms with Gasteiger partial charge < -0.3 is 5.11 Å². The second kappa shape index (κ2) is 4.27. The van der Waals surface area contributed by atoms with Crippen LogP contribution in [0.15, 0.2) is 36.4 Å². The van der Waals surface area contributed by atoms with Crippen molar-refractivity contribution in [2.24, 2.45) is 0 Å². The number of carbonyl (C=O) groups excluding carboxylic acids is 1. The molecule has 2 rings (SSSR count). The molecule has 2 aromatic carbocycles. The molecule has 73 valence electrons. The van der Waals surface area contributed by atoms with E-state index in [0.717, 1.165) is 10.8 Å². The third kappa shape index (κ3) is 1.65. The maximum absolute atomic E-state index is 10.7. The molecule has 0 aliphatic carbocycles. The minimum absolute atomic E-state index is 0. The van der Waals surface area contributed by atoms with Gasteiger partial charge in [0.15, 0.2) is 6.29 Å². The largest absolute Gasteiger partial charge is 2.00 e. The fourth-order valence-corrected chi connectivity index (χ4v) is 1.41. The number of carbonyl (C=O) groups is 1. The molecule has 0 bridgehead atoms. The minimum Gasteiger partial charge on any atom is -0.507 e. The molecular weight excluding hydrogens is 228 g/mol. The molecule has 0 heterocycles. The van der Waals surface area contributed by atoms with E-state index in [4.69, 9.17) is 0 Å². The van der Waals surface area contributed by atoms with Crippen molar-refractivity contribution in [3.8, 4) is 5.75 Å². The summed E-state index contributed by atoms with van der Waals surface area (Å²) in [6, 6.07) is 10.8. The van der Waals surface area contributed by atoms with Crippen LogP contribution in [0.25, 0.3) is 10.8 Å². The van der Waals surface area contributed by atoms with Crippen LogP contribution in [-0.4, -0.2) is 11.4 Å². The summed E-state index contributed by atoms with van der Waals surface area (Å²) in [6.07, 6.45) is 0.678. The van der Waals surface area contributed by atoms with Crippen molar-refractivity contribution in [2.75, 3.05) is 0 Å². The first-order valence-electron chi connectivity index (χ1n) is 3.99. The SMILES string of the molecule is O=Cc1c(O)ccc2ccccc12.[Cu+2]. The topological polar surface area (TPSA) is 37.3 Å². The van der Waals surface area contributed by atoms with Crippen LogP contribution in [0.2, 0.25) is 0 Å². The minimum atomic E-state index is 0. The Hall–Kier alpha value is -1.31. The predicted molar refractivity (Wildman–Crippen MR) is 51.0 cm³/mol. The summed E-state index contributed by atoms with van der Waals surface area (Å²) in [4.78, 5) is 10.7.